The summed E-state index contributed by atoms with van der Waals surface area (Å²) >= 11 is 7.67. The molecule has 0 atom stereocenters. The summed E-state index contributed by atoms with van der Waals surface area (Å²) in [5.41, 5.74) is 0. The van der Waals surface area contributed by atoms with Crippen LogP contribution >= 0.6 is 22.9 Å². The molecule has 2 aromatic rings. The van der Waals surface area contributed by atoms with Crippen molar-refractivity contribution in [2.45, 2.75) is 25.8 Å². The van der Waals surface area contributed by atoms with Crippen LogP contribution < -0.4 is 4.90 Å². The largest absolute Gasteiger partial charge is 0.356 e. The zero-order valence-electron chi connectivity index (χ0n) is 11.8. The van der Waals surface area contributed by atoms with Gasteiger partial charge in [-0.1, -0.05) is 6.92 Å². The standard InChI is InChI=1S/C14H19ClN4S/c1-3-19-7-4-10(5-8-19)18(2)12-11-6-9-20-13(11)17-14(15)16-12/h6,9-10H,3-5,7-8H2,1-2H3. The van der Waals surface area contributed by atoms with Crippen LogP contribution in [0.5, 0.6) is 0 Å². The van der Waals surface area contributed by atoms with Crippen molar-refractivity contribution in [3.8, 4) is 0 Å². The lowest BCUT2D eigenvalue weighted by atomic mass is 10.0. The molecule has 20 heavy (non-hydrogen) atoms. The first kappa shape index (κ1) is 14.0. The van der Waals surface area contributed by atoms with E-state index >= 15 is 0 Å². The molecular formula is C14H19ClN4S. The summed E-state index contributed by atoms with van der Waals surface area (Å²) in [6, 6.07) is 2.62. The van der Waals surface area contributed by atoms with Gasteiger partial charge in [-0.3, -0.25) is 0 Å². The van der Waals surface area contributed by atoms with E-state index in [1.807, 2.05) is 5.38 Å². The van der Waals surface area contributed by atoms with Gasteiger partial charge in [0.15, 0.2) is 0 Å². The van der Waals surface area contributed by atoms with Crippen molar-refractivity contribution < 1.29 is 0 Å². The number of likely N-dealkylation sites (tertiary alicyclic amines) is 1. The molecule has 0 saturated carbocycles. The fraction of sp³-hybridized carbons (Fsp3) is 0.571. The zero-order valence-corrected chi connectivity index (χ0v) is 13.4. The number of aromatic nitrogens is 2. The number of hydrogen-bond donors (Lipinski definition) is 0. The lowest BCUT2D eigenvalue weighted by Gasteiger charge is -2.37. The molecule has 3 heterocycles. The minimum Gasteiger partial charge on any atom is -0.356 e. The highest BCUT2D eigenvalue weighted by Gasteiger charge is 2.24. The number of thiophene rings is 1. The maximum atomic E-state index is 6.06. The first-order chi connectivity index (χ1) is 9.69. The summed E-state index contributed by atoms with van der Waals surface area (Å²) in [6.45, 7) is 5.70. The van der Waals surface area contributed by atoms with Crippen LogP contribution in [0.4, 0.5) is 5.82 Å². The molecule has 0 amide bonds. The van der Waals surface area contributed by atoms with Gasteiger partial charge in [0.05, 0.1) is 5.39 Å². The van der Waals surface area contributed by atoms with Gasteiger partial charge in [-0.15, -0.1) is 11.3 Å². The van der Waals surface area contributed by atoms with Crippen LogP contribution in [0.25, 0.3) is 10.2 Å². The second-order valence-corrected chi connectivity index (χ2v) is 6.46. The van der Waals surface area contributed by atoms with E-state index in [1.54, 1.807) is 11.3 Å². The molecule has 3 rings (SSSR count). The Kier molecular flexibility index (Phi) is 4.10. The molecule has 0 aromatic carbocycles. The molecule has 2 aromatic heterocycles. The van der Waals surface area contributed by atoms with Crippen molar-refractivity contribution in [1.82, 2.24) is 14.9 Å². The predicted octanol–water partition coefficient (Wildman–Crippen LogP) is 3.27. The third kappa shape index (κ3) is 2.62. The fourth-order valence-corrected chi connectivity index (χ4v) is 3.85. The van der Waals surface area contributed by atoms with E-state index in [2.05, 4.69) is 39.8 Å². The molecule has 1 fully saturated rings. The number of anilines is 1. The lowest BCUT2D eigenvalue weighted by Crippen LogP contribution is -2.43. The highest BCUT2D eigenvalue weighted by molar-refractivity contribution is 7.16. The Bertz CT molecular complexity index is 592. The molecule has 0 unspecified atom stereocenters. The van der Waals surface area contributed by atoms with E-state index in [9.17, 15) is 0 Å². The Morgan fingerprint density at radius 2 is 2.15 bits per heavy atom. The van der Waals surface area contributed by atoms with Gasteiger partial charge in [-0.25, -0.2) is 4.98 Å². The van der Waals surface area contributed by atoms with Crippen molar-refractivity contribution in [2.24, 2.45) is 0 Å². The molecule has 0 bridgehead atoms. The quantitative estimate of drug-likeness (QED) is 0.815. The van der Waals surface area contributed by atoms with Crippen LogP contribution in [0.2, 0.25) is 5.28 Å². The number of nitrogens with zero attached hydrogens (tertiary/aromatic N) is 4. The normalized spacial score (nSPS) is 17.8. The molecule has 108 valence electrons. The van der Waals surface area contributed by atoms with Gasteiger partial charge in [0.25, 0.3) is 0 Å². The first-order valence-corrected chi connectivity index (χ1v) is 8.30. The molecule has 0 aliphatic carbocycles. The molecule has 6 heteroatoms. The molecule has 1 aliphatic heterocycles. The van der Waals surface area contributed by atoms with E-state index in [0.717, 1.165) is 35.7 Å². The minimum absolute atomic E-state index is 0.341. The van der Waals surface area contributed by atoms with Gasteiger partial charge in [0, 0.05) is 26.2 Å². The fourth-order valence-electron chi connectivity index (χ4n) is 2.88. The zero-order chi connectivity index (χ0) is 14.1. The van der Waals surface area contributed by atoms with E-state index in [4.69, 9.17) is 11.6 Å². The van der Waals surface area contributed by atoms with Crippen LogP contribution in [-0.2, 0) is 0 Å². The maximum absolute atomic E-state index is 6.06. The van der Waals surface area contributed by atoms with E-state index in [-0.39, 0.29) is 0 Å². The number of fused-ring (bicyclic) bond motifs is 1. The summed E-state index contributed by atoms with van der Waals surface area (Å²) in [7, 11) is 2.13. The van der Waals surface area contributed by atoms with Crippen LogP contribution in [0.1, 0.15) is 19.8 Å². The Hall–Kier alpha value is -0.910. The average Bonchev–Trinajstić information content (AvgIpc) is 2.94. The predicted molar refractivity (Wildman–Crippen MR) is 86.0 cm³/mol. The van der Waals surface area contributed by atoms with Crippen LogP contribution in [0.15, 0.2) is 11.4 Å². The molecule has 1 aliphatic rings. The first-order valence-electron chi connectivity index (χ1n) is 7.05. The smallest absolute Gasteiger partial charge is 0.225 e. The Morgan fingerprint density at radius 1 is 1.40 bits per heavy atom. The number of piperidine rings is 1. The third-order valence-electron chi connectivity index (χ3n) is 4.16. The SMILES string of the molecule is CCN1CCC(N(C)c2nc(Cl)nc3sccc23)CC1. The molecule has 0 spiro atoms. The Morgan fingerprint density at radius 3 is 2.85 bits per heavy atom. The summed E-state index contributed by atoms with van der Waals surface area (Å²) in [5, 5.41) is 3.50. The van der Waals surface area contributed by atoms with Gasteiger partial charge in [-0.2, -0.15) is 4.98 Å². The van der Waals surface area contributed by atoms with Crippen molar-refractivity contribution in [2.75, 3.05) is 31.6 Å². The van der Waals surface area contributed by atoms with Gasteiger partial charge in [0.1, 0.15) is 10.6 Å². The number of halogens is 1. The van der Waals surface area contributed by atoms with Gasteiger partial charge in [-0.05, 0) is 42.4 Å². The summed E-state index contributed by atoms with van der Waals surface area (Å²) in [4.78, 5) is 14.5. The summed E-state index contributed by atoms with van der Waals surface area (Å²) < 4.78 is 0. The molecular weight excluding hydrogens is 292 g/mol. The van der Waals surface area contributed by atoms with E-state index < -0.39 is 0 Å². The molecule has 0 N–H and O–H groups in total. The summed E-state index contributed by atoms with van der Waals surface area (Å²) in [5.74, 6) is 0.969. The Labute approximate surface area is 128 Å². The topological polar surface area (TPSA) is 32.3 Å². The summed E-state index contributed by atoms with van der Waals surface area (Å²) in [6.07, 6.45) is 2.36. The van der Waals surface area contributed by atoms with E-state index in [1.165, 1.54) is 12.8 Å². The van der Waals surface area contributed by atoms with Crippen molar-refractivity contribution in [3.63, 3.8) is 0 Å². The number of rotatable bonds is 3. The van der Waals surface area contributed by atoms with Crippen molar-refractivity contribution in [3.05, 3.63) is 16.7 Å². The van der Waals surface area contributed by atoms with Gasteiger partial charge >= 0.3 is 0 Å². The Balaban J connectivity index is 1.85. The second-order valence-electron chi connectivity index (χ2n) is 5.23. The maximum Gasteiger partial charge on any atom is 0.225 e. The third-order valence-corrected chi connectivity index (χ3v) is 5.14. The molecule has 1 saturated heterocycles. The van der Waals surface area contributed by atoms with E-state index in [0.29, 0.717) is 11.3 Å². The highest BCUT2D eigenvalue weighted by atomic mass is 35.5. The molecule has 4 nitrogen and oxygen atoms in total. The monoisotopic (exact) mass is 310 g/mol. The van der Waals surface area contributed by atoms with Crippen molar-refractivity contribution >= 4 is 39.0 Å². The van der Waals surface area contributed by atoms with Crippen molar-refractivity contribution in [1.29, 1.82) is 0 Å². The molecule has 0 radical (unpaired) electrons. The van der Waals surface area contributed by atoms with Gasteiger partial charge < -0.3 is 9.80 Å². The average molecular weight is 311 g/mol. The van der Waals surface area contributed by atoms with Crippen LogP contribution in [0, 0.1) is 0 Å². The highest BCUT2D eigenvalue weighted by Crippen LogP contribution is 2.31. The lowest BCUT2D eigenvalue weighted by molar-refractivity contribution is 0.220. The second kappa shape index (κ2) is 5.84. The van der Waals surface area contributed by atoms with Gasteiger partial charge in [0.2, 0.25) is 5.28 Å². The van der Waals surface area contributed by atoms with Crippen LogP contribution in [-0.4, -0.2) is 47.6 Å². The minimum atomic E-state index is 0.341. The number of hydrogen-bond acceptors (Lipinski definition) is 5. The van der Waals surface area contributed by atoms with Crippen LogP contribution in [0.3, 0.4) is 0 Å².